The molecule has 1 saturated heterocycles. The molecule has 2 heterocycles. The minimum Gasteiger partial charge on any atom is -0.481 e. The van der Waals surface area contributed by atoms with Crippen LogP contribution in [-0.4, -0.2) is 54.4 Å². The Hall–Kier alpha value is -1.41. The van der Waals surface area contributed by atoms with Gasteiger partial charge in [0.2, 0.25) is 0 Å². The summed E-state index contributed by atoms with van der Waals surface area (Å²) in [6.45, 7) is 1.92. The van der Waals surface area contributed by atoms with Crippen LogP contribution >= 0.6 is 11.3 Å². The van der Waals surface area contributed by atoms with E-state index in [-0.39, 0.29) is 30.4 Å². The monoisotopic (exact) mass is 317 g/mol. The van der Waals surface area contributed by atoms with E-state index >= 15 is 0 Å². The first-order valence-corrected chi connectivity index (χ1v) is 8.72. The van der Waals surface area contributed by atoms with Gasteiger partial charge in [0, 0.05) is 11.4 Å². The SMILES string of the molecule is Cc1ccc(C(=O)N2CCS(=O)(=O)CC2CC(=O)O)s1. The molecule has 1 fully saturated rings. The van der Waals surface area contributed by atoms with E-state index in [0.29, 0.717) is 4.88 Å². The van der Waals surface area contributed by atoms with Crippen LogP contribution in [0.4, 0.5) is 0 Å². The van der Waals surface area contributed by atoms with Crippen molar-refractivity contribution in [2.75, 3.05) is 18.1 Å². The molecule has 1 aliphatic rings. The lowest BCUT2D eigenvalue weighted by molar-refractivity contribution is -0.138. The van der Waals surface area contributed by atoms with Crippen molar-refractivity contribution in [1.82, 2.24) is 4.90 Å². The zero-order chi connectivity index (χ0) is 14.9. The molecule has 1 aromatic heterocycles. The van der Waals surface area contributed by atoms with Crippen LogP contribution in [0.2, 0.25) is 0 Å². The number of carboxylic acid groups (broad SMARTS) is 1. The van der Waals surface area contributed by atoms with Gasteiger partial charge in [-0.05, 0) is 19.1 Å². The first kappa shape index (κ1) is 15.0. The molecule has 0 saturated carbocycles. The van der Waals surface area contributed by atoms with Crippen molar-refractivity contribution in [3.8, 4) is 0 Å². The van der Waals surface area contributed by atoms with Crippen LogP contribution in [0.25, 0.3) is 0 Å². The molecule has 1 atom stereocenters. The summed E-state index contributed by atoms with van der Waals surface area (Å²) in [5.41, 5.74) is 0. The van der Waals surface area contributed by atoms with Crippen LogP contribution in [-0.2, 0) is 14.6 Å². The van der Waals surface area contributed by atoms with Gasteiger partial charge in [-0.2, -0.15) is 0 Å². The number of aryl methyl sites for hydroxylation is 1. The van der Waals surface area contributed by atoms with Crippen molar-refractivity contribution in [1.29, 1.82) is 0 Å². The number of carboxylic acids is 1. The number of amides is 1. The highest BCUT2D eigenvalue weighted by molar-refractivity contribution is 7.91. The van der Waals surface area contributed by atoms with Crippen LogP contribution in [0.1, 0.15) is 21.0 Å². The minimum atomic E-state index is -3.27. The first-order chi connectivity index (χ1) is 9.28. The average molecular weight is 317 g/mol. The molecule has 0 spiro atoms. The summed E-state index contributed by atoms with van der Waals surface area (Å²) in [4.78, 5) is 26.1. The van der Waals surface area contributed by atoms with Gasteiger partial charge in [0.15, 0.2) is 9.84 Å². The second-order valence-corrected chi connectivity index (χ2v) is 8.29. The number of sulfone groups is 1. The van der Waals surface area contributed by atoms with E-state index < -0.39 is 21.8 Å². The third-order valence-corrected chi connectivity index (χ3v) is 5.84. The number of aliphatic carboxylic acids is 1. The third kappa shape index (κ3) is 3.37. The Morgan fingerprint density at radius 3 is 2.70 bits per heavy atom. The van der Waals surface area contributed by atoms with Crippen LogP contribution in [0, 0.1) is 6.92 Å². The molecule has 2 rings (SSSR count). The molecule has 0 aliphatic carbocycles. The number of hydrogen-bond acceptors (Lipinski definition) is 5. The predicted molar refractivity (Wildman–Crippen MR) is 74.8 cm³/mol. The summed E-state index contributed by atoms with van der Waals surface area (Å²) >= 11 is 1.32. The number of carbonyl (C=O) groups excluding carboxylic acids is 1. The van der Waals surface area contributed by atoms with Crippen LogP contribution in [0.5, 0.6) is 0 Å². The summed E-state index contributed by atoms with van der Waals surface area (Å²) in [5, 5.41) is 8.88. The normalized spacial score (nSPS) is 21.6. The molecule has 8 heteroatoms. The zero-order valence-corrected chi connectivity index (χ0v) is 12.5. The molecule has 1 unspecified atom stereocenters. The lowest BCUT2D eigenvalue weighted by Crippen LogP contribution is -2.51. The molecule has 1 N–H and O–H groups in total. The van der Waals surface area contributed by atoms with Crippen molar-refractivity contribution >= 4 is 33.1 Å². The van der Waals surface area contributed by atoms with E-state index in [1.807, 2.05) is 13.0 Å². The van der Waals surface area contributed by atoms with E-state index in [1.165, 1.54) is 16.2 Å². The first-order valence-electron chi connectivity index (χ1n) is 6.08. The molecule has 1 amide bonds. The van der Waals surface area contributed by atoms with Crippen LogP contribution < -0.4 is 0 Å². The fourth-order valence-corrected chi connectivity index (χ4v) is 4.56. The standard InChI is InChI=1S/C12H15NO5S2/c1-8-2-3-10(19-8)12(16)13-4-5-20(17,18)7-9(13)6-11(14)15/h2-3,9H,4-7H2,1H3,(H,14,15). The highest BCUT2D eigenvalue weighted by atomic mass is 32.2. The third-order valence-electron chi connectivity index (χ3n) is 3.15. The molecule has 0 bridgehead atoms. The molecule has 0 aromatic carbocycles. The Kier molecular flexibility index (Phi) is 4.14. The topological polar surface area (TPSA) is 91.8 Å². The van der Waals surface area contributed by atoms with Gasteiger partial charge >= 0.3 is 5.97 Å². The average Bonchev–Trinajstić information content (AvgIpc) is 2.73. The highest BCUT2D eigenvalue weighted by Crippen LogP contribution is 2.22. The molecule has 1 aromatic rings. The second-order valence-electron chi connectivity index (χ2n) is 4.77. The number of thiophene rings is 1. The maximum Gasteiger partial charge on any atom is 0.305 e. The lowest BCUT2D eigenvalue weighted by Gasteiger charge is -2.34. The molecule has 20 heavy (non-hydrogen) atoms. The van der Waals surface area contributed by atoms with E-state index in [2.05, 4.69) is 0 Å². The smallest absolute Gasteiger partial charge is 0.305 e. The number of nitrogens with zero attached hydrogens (tertiary/aromatic N) is 1. The molecular formula is C12H15NO5S2. The van der Waals surface area contributed by atoms with Crippen molar-refractivity contribution in [2.45, 2.75) is 19.4 Å². The number of hydrogen-bond donors (Lipinski definition) is 1. The second kappa shape index (κ2) is 5.53. The van der Waals surface area contributed by atoms with Gasteiger partial charge in [0.25, 0.3) is 5.91 Å². The van der Waals surface area contributed by atoms with Crippen molar-refractivity contribution < 1.29 is 23.1 Å². The van der Waals surface area contributed by atoms with E-state index in [1.54, 1.807) is 6.07 Å². The highest BCUT2D eigenvalue weighted by Gasteiger charge is 2.36. The quantitative estimate of drug-likeness (QED) is 0.889. The summed E-state index contributed by atoms with van der Waals surface area (Å²) in [5.74, 6) is -1.79. The van der Waals surface area contributed by atoms with E-state index in [9.17, 15) is 18.0 Å². The van der Waals surface area contributed by atoms with Crippen LogP contribution in [0.15, 0.2) is 12.1 Å². The Labute approximate surface area is 120 Å². The summed E-state index contributed by atoms with van der Waals surface area (Å²) < 4.78 is 23.2. The van der Waals surface area contributed by atoms with Crippen molar-refractivity contribution in [2.24, 2.45) is 0 Å². The molecule has 0 radical (unpaired) electrons. The van der Waals surface area contributed by atoms with Crippen molar-refractivity contribution in [3.05, 3.63) is 21.9 Å². The Morgan fingerprint density at radius 2 is 2.15 bits per heavy atom. The summed E-state index contributed by atoms with van der Waals surface area (Å²) in [6.07, 6.45) is -0.352. The van der Waals surface area contributed by atoms with Gasteiger partial charge in [-0.25, -0.2) is 8.42 Å². The maximum atomic E-state index is 12.4. The Bertz CT molecular complexity index is 634. The summed E-state index contributed by atoms with van der Waals surface area (Å²) in [6, 6.07) is 2.70. The van der Waals surface area contributed by atoms with Crippen LogP contribution in [0.3, 0.4) is 0 Å². The number of carbonyl (C=O) groups is 2. The molecule has 1 aliphatic heterocycles. The Morgan fingerprint density at radius 1 is 1.45 bits per heavy atom. The van der Waals surface area contributed by atoms with Gasteiger partial charge in [0.05, 0.1) is 28.8 Å². The van der Waals surface area contributed by atoms with Gasteiger partial charge in [-0.3, -0.25) is 9.59 Å². The van der Waals surface area contributed by atoms with Gasteiger partial charge in [0.1, 0.15) is 0 Å². The lowest BCUT2D eigenvalue weighted by atomic mass is 10.2. The van der Waals surface area contributed by atoms with E-state index in [4.69, 9.17) is 5.11 Å². The molecular weight excluding hydrogens is 302 g/mol. The Balaban J connectivity index is 2.23. The summed E-state index contributed by atoms with van der Waals surface area (Å²) in [7, 11) is -3.27. The fourth-order valence-electron chi connectivity index (χ4n) is 2.22. The molecule has 6 nitrogen and oxygen atoms in total. The van der Waals surface area contributed by atoms with Gasteiger partial charge in [-0.15, -0.1) is 11.3 Å². The number of rotatable bonds is 3. The minimum absolute atomic E-state index is 0.0516. The van der Waals surface area contributed by atoms with Crippen molar-refractivity contribution in [3.63, 3.8) is 0 Å². The van der Waals surface area contributed by atoms with Gasteiger partial charge < -0.3 is 10.0 Å². The molecule has 110 valence electrons. The maximum absolute atomic E-state index is 12.4. The predicted octanol–water partition coefficient (Wildman–Crippen LogP) is 0.770. The van der Waals surface area contributed by atoms with E-state index in [0.717, 1.165) is 4.88 Å². The zero-order valence-electron chi connectivity index (χ0n) is 10.9. The fraction of sp³-hybridized carbons (Fsp3) is 0.500. The van der Waals surface area contributed by atoms with Gasteiger partial charge in [-0.1, -0.05) is 0 Å². The largest absolute Gasteiger partial charge is 0.481 e.